The van der Waals surface area contributed by atoms with Gasteiger partial charge in [0.2, 0.25) is 0 Å². The Hall–Kier alpha value is -2.19. The van der Waals surface area contributed by atoms with Crippen LogP contribution in [0.1, 0.15) is 53.3 Å². The molecule has 0 aliphatic carbocycles. The van der Waals surface area contributed by atoms with Gasteiger partial charge in [0, 0.05) is 38.0 Å². The molecule has 1 fully saturated rings. The highest BCUT2D eigenvalue weighted by Crippen LogP contribution is 2.17. The Morgan fingerprint density at radius 1 is 1.48 bits per heavy atom. The number of carbonyl (C=O) groups is 1. The Bertz CT molecular complexity index is 730. The van der Waals surface area contributed by atoms with Crippen LogP contribution in [0.25, 0.3) is 0 Å². The average Bonchev–Trinajstić information content (AvgIpc) is 3.16. The van der Waals surface area contributed by atoms with E-state index in [1.807, 2.05) is 27.1 Å². The molecule has 1 aliphatic rings. The average molecular weight is 347 g/mol. The van der Waals surface area contributed by atoms with E-state index < -0.39 is 0 Å². The summed E-state index contributed by atoms with van der Waals surface area (Å²) in [5.41, 5.74) is 2.15. The summed E-state index contributed by atoms with van der Waals surface area (Å²) < 4.78 is 7.03. The third kappa shape index (κ3) is 4.26. The number of aromatic nitrogens is 3. The molecule has 25 heavy (non-hydrogen) atoms. The Morgan fingerprint density at radius 2 is 2.20 bits per heavy atom. The number of aliphatic hydroxyl groups is 1. The minimum atomic E-state index is -0.264. The van der Waals surface area contributed by atoms with E-state index in [1.54, 1.807) is 10.7 Å². The van der Waals surface area contributed by atoms with Crippen LogP contribution < -0.4 is 5.32 Å². The first-order chi connectivity index (χ1) is 11.9. The molecule has 0 aromatic carbocycles. The highest BCUT2D eigenvalue weighted by Gasteiger charge is 2.21. The second kappa shape index (κ2) is 7.37. The van der Waals surface area contributed by atoms with Gasteiger partial charge in [-0.3, -0.25) is 14.4 Å². The van der Waals surface area contributed by atoms with E-state index in [2.05, 4.69) is 20.5 Å². The zero-order valence-electron chi connectivity index (χ0n) is 14.9. The van der Waals surface area contributed by atoms with Gasteiger partial charge in [-0.1, -0.05) is 5.16 Å². The fourth-order valence-electron chi connectivity index (χ4n) is 3.18. The van der Waals surface area contributed by atoms with Crippen LogP contribution in [0.4, 0.5) is 0 Å². The molecule has 2 N–H and O–H groups in total. The number of aryl methyl sites for hydroxylation is 2. The summed E-state index contributed by atoms with van der Waals surface area (Å²) in [6, 6.07) is 1.52. The van der Waals surface area contributed by atoms with Gasteiger partial charge in [-0.25, -0.2) is 0 Å². The molecule has 2 aromatic rings. The summed E-state index contributed by atoms with van der Waals surface area (Å²) in [7, 11) is 1.86. The summed E-state index contributed by atoms with van der Waals surface area (Å²) in [5, 5.41) is 20.7. The van der Waals surface area contributed by atoms with Crippen LogP contribution in [-0.4, -0.2) is 50.0 Å². The molecule has 0 spiro atoms. The van der Waals surface area contributed by atoms with Crippen molar-refractivity contribution in [2.75, 3.05) is 13.1 Å². The number of nitrogens with one attached hydrogen (secondary N) is 1. The zero-order chi connectivity index (χ0) is 18.0. The third-order valence-electron chi connectivity index (χ3n) is 4.59. The predicted octanol–water partition coefficient (Wildman–Crippen LogP) is 1.16. The van der Waals surface area contributed by atoms with Crippen molar-refractivity contribution < 1.29 is 14.4 Å². The topological polar surface area (TPSA) is 96.4 Å². The van der Waals surface area contributed by atoms with Gasteiger partial charge in [0.25, 0.3) is 5.91 Å². The van der Waals surface area contributed by atoms with Crippen LogP contribution in [0.15, 0.2) is 16.8 Å². The van der Waals surface area contributed by atoms with Crippen LogP contribution >= 0.6 is 0 Å². The summed E-state index contributed by atoms with van der Waals surface area (Å²) in [6.07, 6.45) is 3.23. The van der Waals surface area contributed by atoms with Gasteiger partial charge in [-0.2, -0.15) is 5.10 Å². The van der Waals surface area contributed by atoms with Crippen LogP contribution in [0.2, 0.25) is 0 Å². The standard InChI is InChI=1S/C17H25N5O3/c1-11(15-10-21(3)19-12(15)2)18-17(24)16-8-14(25-20-16)9-22-6-4-13(23)5-7-22/h8,10-11,13,23H,4-7,9H2,1-3H3,(H,18,24)/t11-/m0/s1. The van der Waals surface area contributed by atoms with Gasteiger partial charge in [0.15, 0.2) is 11.5 Å². The van der Waals surface area contributed by atoms with Crippen molar-refractivity contribution in [3.8, 4) is 0 Å². The maximum atomic E-state index is 12.4. The van der Waals surface area contributed by atoms with Gasteiger partial charge in [-0.15, -0.1) is 0 Å². The number of amides is 1. The lowest BCUT2D eigenvalue weighted by molar-refractivity contribution is 0.0748. The maximum Gasteiger partial charge on any atom is 0.273 e. The molecule has 1 amide bonds. The molecule has 0 unspecified atom stereocenters. The Kier molecular flexibility index (Phi) is 5.19. The molecular weight excluding hydrogens is 322 g/mol. The molecule has 8 nitrogen and oxygen atoms in total. The lowest BCUT2D eigenvalue weighted by atomic mass is 10.1. The van der Waals surface area contributed by atoms with Gasteiger partial charge in [-0.05, 0) is 26.7 Å². The number of aliphatic hydroxyl groups excluding tert-OH is 1. The molecule has 136 valence electrons. The monoisotopic (exact) mass is 347 g/mol. The highest BCUT2D eigenvalue weighted by atomic mass is 16.5. The molecule has 1 aliphatic heterocycles. The number of nitrogens with zero attached hydrogens (tertiary/aromatic N) is 4. The number of rotatable bonds is 5. The maximum absolute atomic E-state index is 12.4. The predicted molar refractivity (Wildman–Crippen MR) is 90.8 cm³/mol. The van der Waals surface area contributed by atoms with Gasteiger partial charge < -0.3 is 14.9 Å². The normalized spacial score (nSPS) is 17.6. The van der Waals surface area contributed by atoms with Crippen LogP contribution in [0.3, 0.4) is 0 Å². The van der Waals surface area contributed by atoms with Crippen molar-refractivity contribution in [1.29, 1.82) is 0 Å². The van der Waals surface area contributed by atoms with Crippen molar-refractivity contribution in [2.24, 2.45) is 7.05 Å². The van der Waals surface area contributed by atoms with E-state index in [0.29, 0.717) is 12.3 Å². The van der Waals surface area contributed by atoms with Crippen molar-refractivity contribution in [3.05, 3.63) is 35.0 Å². The van der Waals surface area contributed by atoms with Crippen LogP contribution in [0, 0.1) is 6.92 Å². The Morgan fingerprint density at radius 3 is 2.84 bits per heavy atom. The molecular formula is C17H25N5O3. The van der Waals surface area contributed by atoms with E-state index in [1.165, 1.54) is 0 Å². The minimum absolute atomic E-state index is 0.162. The summed E-state index contributed by atoms with van der Waals surface area (Å²) in [4.78, 5) is 14.6. The van der Waals surface area contributed by atoms with E-state index in [4.69, 9.17) is 4.52 Å². The molecule has 8 heteroatoms. The van der Waals surface area contributed by atoms with E-state index in [-0.39, 0.29) is 23.7 Å². The third-order valence-corrected chi connectivity index (χ3v) is 4.59. The van der Waals surface area contributed by atoms with E-state index in [0.717, 1.165) is 37.2 Å². The van der Waals surface area contributed by atoms with Gasteiger partial charge >= 0.3 is 0 Å². The molecule has 0 radical (unpaired) electrons. The lowest BCUT2D eigenvalue weighted by Crippen LogP contribution is -2.35. The Labute approximate surface area is 146 Å². The first-order valence-corrected chi connectivity index (χ1v) is 8.59. The first kappa shape index (κ1) is 17.6. The number of likely N-dealkylation sites (tertiary alicyclic amines) is 1. The largest absolute Gasteiger partial charge is 0.393 e. The number of hydrogen-bond acceptors (Lipinski definition) is 6. The molecule has 0 bridgehead atoms. The SMILES string of the molecule is Cc1nn(C)cc1[C@H](C)NC(=O)c1cc(CN2CCC(O)CC2)on1. The van der Waals surface area contributed by atoms with Crippen molar-refractivity contribution in [2.45, 2.75) is 45.4 Å². The second-order valence-corrected chi connectivity index (χ2v) is 6.72. The number of hydrogen-bond donors (Lipinski definition) is 2. The molecule has 3 heterocycles. The number of carbonyl (C=O) groups excluding carboxylic acids is 1. The van der Waals surface area contributed by atoms with Gasteiger partial charge in [0.1, 0.15) is 0 Å². The van der Waals surface area contributed by atoms with Gasteiger partial charge in [0.05, 0.1) is 24.4 Å². The van der Waals surface area contributed by atoms with Crippen molar-refractivity contribution in [1.82, 2.24) is 25.2 Å². The van der Waals surface area contributed by atoms with Crippen LogP contribution in [-0.2, 0) is 13.6 Å². The van der Waals surface area contributed by atoms with E-state index >= 15 is 0 Å². The molecule has 2 aromatic heterocycles. The minimum Gasteiger partial charge on any atom is -0.393 e. The summed E-state index contributed by atoms with van der Waals surface area (Å²) in [5.74, 6) is 0.395. The molecule has 1 atom stereocenters. The fourth-order valence-corrected chi connectivity index (χ4v) is 3.18. The van der Waals surface area contributed by atoms with Crippen LogP contribution in [0.5, 0.6) is 0 Å². The highest BCUT2D eigenvalue weighted by molar-refractivity contribution is 5.92. The molecule has 0 saturated carbocycles. The Balaban J connectivity index is 1.58. The summed E-state index contributed by atoms with van der Waals surface area (Å²) in [6.45, 7) is 6.08. The second-order valence-electron chi connectivity index (χ2n) is 6.72. The first-order valence-electron chi connectivity index (χ1n) is 8.59. The van der Waals surface area contributed by atoms with Crippen molar-refractivity contribution >= 4 is 5.91 Å². The quantitative estimate of drug-likeness (QED) is 0.843. The number of piperidine rings is 1. The van der Waals surface area contributed by atoms with E-state index in [9.17, 15) is 9.90 Å². The smallest absolute Gasteiger partial charge is 0.273 e. The lowest BCUT2D eigenvalue weighted by Gasteiger charge is -2.28. The van der Waals surface area contributed by atoms with Crippen molar-refractivity contribution in [3.63, 3.8) is 0 Å². The summed E-state index contributed by atoms with van der Waals surface area (Å²) >= 11 is 0. The molecule has 1 saturated heterocycles. The fraction of sp³-hybridized carbons (Fsp3) is 0.588. The molecule has 3 rings (SSSR count). The zero-order valence-corrected chi connectivity index (χ0v) is 14.9.